The van der Waals surface area contributed by atoms with E-state index < -0.39 is 46.8 Å². The summed E-state index contributed by atoms with van der Waals surface area (Å²) in [5.74, 6) is -2.76. The first kappa shape index (κ1) is 25.4. The van der Waals surface area contributed by atoms with E-state index in [1.54, 1.807) is 6.07 Å². The largest absolute Gasteiger partial charge is 0.486 e. The molecule has 7 nitrogen and oxygen atoms in total. The molecule has 0 saturated carbocycles. The summed E-state index contributed by atoms with van der Waals surface area (Å²) in [4.78, 5) is 3.67. The first-order valence-electron chi connectivity index (χ1n) is 9.91. The van der Waals surface area contributed by atoms with Crippen molar-refractivity contribution in [3.8, 4) is 11.8 Å². The van der Waals surface area contributed by atoms with Gasteiger partial charge in [-0.25, -0.2) is 13.2 Å². The summed E-state index contributed by atoms with van der Waals surface area (Å²) in [6.45, 7) is -1.22. The molecule has 35 heavy (non-hydrogen) atoms. The Labute approximate surface area is 196 Å². The van der Waals surface area contributed by atoms with Crippen molar-refractivity contribution in [1.82, 2.24) is 10.3 Å². The van der Waals surface area contributed by atoms with E-state index in [-0.39, 0.29) is 23.5 Å². The molecule has 3 aromatic rings. The first-order valence-corrected chi connectivity index (χ1v) is 9.91. The van der Waals surface area contributed by atoms with Gasteiger partial charge in [0.1, 0.15) is 36.3 Å². The fraction of sp³-hybridized carbons (Fsp3) is 0.174. The van der Waals surface area contributed by atoms with Crippen LogP contribution in [0, 0.1) is 28.8 Å². The summed E-state index contributed by atoms with van der Waals surface area (Å²) in [5, 5.41) is 25.1. The van der Waals surface area contributed by atoms with E-state index >= 15 is 8.78 Å². The Morgan fingerprint density at radius 2 is 1.94 bits per heavy atom. The zero-order valence-corrected chi connectivity index (χ0v) is 17.9. The average Bonchev–Trinajstić information content (AvgIpc) is 2.83. The lowest BCUT2D eigenvalue weighted by molar-refractivity contribution is -0.195. The van der Waals surface area contributed by atoms with Crippen molar-refractivity contribution in [2.45, 2.75) is 18.1 Å². The minimum absolute atomic E-state index is 0.216. The molecule has 182 valence electrons. The molecule has 2 aromatic carbocycles. The summed E-state index contributed by atoms with van der Waals surface area (Å²) in [7, 11) is 0. The van der Waals surface area contributed by atoms with Crippen LogP contribution in [0.3, 0.4) is 0 Å². The molecule has 0 bridgehead atoms. The number of benzene rings is 2. The molecule has 0 fully saturated rings. The van der Waals surface area contributed by atoms with Crippen molar-refractivity contribution in [3.05, 3.63) is 94.6 Å². The molecular weight excluding hydrogens is 473 g/mol. The molecule has 4 N–H and O–H groups in total. The number of hydrazone groups is 1. The van der Waals surface area contributed by atoms with Gasteiger partial charge in [-0.3, -0.25) is 4.98 Å². The number of aliphatic hydroxyl groups is 1. The third-order valence-electron chi connectivity index (χ3n) is 5.04. The van der Waals surface area contributed by atoms with Gasteiger partial charge in [-0.2, -0.15) is 19.1 Å². The number of alkyl halides is 2. The zero-order valence-electron chi connectivity index (χ0n) is 17.9. The maximum absolute atomic E-state index is 15.5. The lowest BCUT2D eigenvalue weighted by Gasteiger charge is -2.36. The fourth-order valence-corrected chi connectivity index (χ4v) is 3.22. The maximum Gasteiger partial charge on any atom is 0.323 e. The quantitative estimate of drug-likeness (QED) is 0.139. The van der Waals surface area contributed by atoms with Crippen LogP contribution in [-0.4, -0.2) is 23.0 Å². The predicted octanol–water partition coefficient (Wildman–Crippen LogP) is 3.42. The van der Waals surface area contributed by atoms with Gasteiger partial charge in [0.15, 0.2) is 17.2 Å². The van der Waals surface area contributed by atoms with E-state index in [9.17, 15) is 18.3 Å². The smallest absolute Gasteiger partial charge is 0.323 e. The fourth-order valence-electron chi connectivity index (χ4n) is 3.22. The van der Waals surface area contributed by atoms with E-state index in [4.69, 9.17) is 15.8 Å². The number of aromatic nitrogens is 1. The van der Waals surface area contributed by atoms with E-state index in [0.717, 1.165) is 24.7 Å². The Morgan fingerprint density at radius 1 is 1.17 bits per heavy atom. The van der Waals surface area contributed by atoms with Gasteiger partial charge in [0, 0.05) is 23.4 Å². The molecule has 0 amide bonds. The van der Waals surface area contributed by atoms with E-state index in [1.165, 1.54) is 24.3 Å². The maximum atomic E-state index is 15.5. The minimum Gasteiger partial charge on any atom is -0.486 e. The number of ether oxygens (including phenoxy) is 1. The normalized spacial score (nSPS) is 13.3. The first-order chi connectivity index (χ1) is 16.6. The second kappa shape index (κ2) is 10.4. The van der Waals surface area contributed by atoms with Crippen LogP contribution >= 0.6 is 0 Å². The zero-order chi connectivity index (χ0) is 25.6. The standard InChI is InChI=1S/C23H18F5N5O2/c24-16-5-6-17(18(25)8-16)22(34,12-31-13-33-30)23(27,28)20-7-4-14(10-32-20)11-35-19-3-1-2-15(9-29)21(19)26/h1-8,10,13,34H,11-12,30H2,(H,31,33). The van der Waals surface area contributed by atoms with Gasteiger partial charge in [0.05, 0.1) is 12.1 Å². The lowest BCUT2D eigenvalue weighted by atomic mass is 9.84. The van der Waals surface area contributed by atoms with Crippen LogP contribution in [0.2, 0.25) is 0 Å². The molecule has 1 unspecified atom stereocenters. The molecule has 0 radical (unpaired) electrons. The molecule has 0 spiro atoms. The summed E-state index contributed by atoms with van der Waals surface area (Å²) in [5.41, 5.74) is -5.01. The summed E-state index contributed by atoms with van der Waals surface area (Å²) in [6.07, 6.45) is 1.82. The number of pyridine rings is 1. The second-order valence-electron chi connectivity index (χ2n) is 7.29. The molecule has 1 heterocycles. The van der Waals surface area contributed by atoms with Gasteiger partial charge < -0.3 is 21.0 Å². The van der Waals surface area contributed by atoms with Crippen molar-refractivity contribution in [3.63, 3.8) is 0 Å². The number of nitrogens with zero attached hydrogens (tertiary/aromatic N) is 3. The van der Waals surface area contributed by atoms with Crippen LogP contribution in [0.4, 0.5) is 22.0 Å². The molecule has 0 aliphatic heterocycles. The van der Waals surface area contributed by atoms with Gasteiger partial charge in [0.25, 0.3) is 0 Å². The van der Waals surface area contributed by atoms with E-state index in [0.29, 0.717) is 12.1 Å². The van der Waals surface area contributed by atoms with E-state index in [2.05, 4.69) is 15.4 Å². The third kappa shape index (κ3) is 5.15. The van der Waals surface area contributed by atoms with Gasteiger partial charge in [-0.1, -0.05) is 12.1 Å². The molecule has 0 saturated heterocycles. The highest BCUT2D eigenvalue weighted by molar-refractivity contribution is 5.54. The van der Waals surface area contributed by atoms with Crippen LogP contribution in [0.5, 0.6) is 5.75 Å². The molecule has 3 rings (SSSR count). The number of halogens is 5. The number of nitrogens with one attached hydrogen (secondary N) is 1. The van der Waals surface area contributed by atoms with Gasteiger partial charge >= 0.3 is 5.92 Å². The Hall–Kier alpha value is -4.24. The summed E-state index contributed by atoms with van der Waals surface area (Å²) < 4.78 is 78.2. The number of hydrogen-bond acceptors (Lipinski definition) is 6. The van der Waals surface area contributed by atoms with Gasteiger partial charge in [0.2, 0.25) is 0 Å². The molecule has 0 aliphatic carbocycles. The van der Waals surface area contributed by atoms with Crippen LogP contribution in [-0.2, 0) is 18.1 Å². The van der Waals surface area contributed by atoms with Crippen LogP contribution in [0.25, 0.3) is 0 Å². The van der Waals surface area contributed by atoms with Gasteiger partial charge in [-0.05, 0) is 30.3 Å². The Balaban J connectivity index is 1.89. The molecular formula is C23H18F5N5O2. The van der Waals surface area contributed by atoms with Crippen molar-refractivity contribution in [2.75, 3.05) is 6.54 Å². The predicted molar refractivity (Wildman–Crippen MR) is 115 cm³/mol. The number of nitriles is 1. The summed E-state index contributed by atoms with van der Waals surface area (Å²) in [6, 6.07) is 9.50. The molecule has 1 aromatic heterocycles. The SMILES string of the molecule is N#Cc1cccc(OCc2ccc(C(F)(F)C(O)(CN/C=N\N)c3ccc(F)cc3F)nc2)c1F. The third-order valence-corrected chi connectivity index (χ3v) is 5.04. The number of hydrogen-bond donors (Lipinski definition) is 3. The minimum atomic E-state index is -4.19. The lowest BCUT2D eigenvalue weighted by Crippen LogP contribution is -2.51. The second-order valence-corrected chi connectivity index (χ2v) is 7.29. The highest BCUT2D eigenvalue weighted by atomic mass is 19.3. The monoisotopic (exact) mass is 491 g/mol. The van der Waals surface area contributed by atoms with E-state index in [1.807, 2.05) is 0 Å². The highest BCUT2D eigenvalue weighted by Crippen LogP contribution is 2.45. The van der Waals surface area contributed by atoms with Crippen LogP contribution in [0.15, 0.2) is 59.8 Å². The Morgan fingerprint density at radius 3 is 2.57 bits per heavy atom. The summed E-state index contributed by atoms with van der Waals surface area (Å²) >= 11 is 0. The molecule has 1 atom stereocenters. The van der Waals surface area contributed by atoms with Crippen LogP contribution < -0.4 is 15.9 Å². The van der Waals surface area contributed by atoms with Crippen molar-refractivity contribution >= 4 is 6.34 Å². The number of rotatable bonds is 9. The molecule has 0 aliphatic rings. The van der Waals surface area contributed by atoms with Crippen molar-refractivity contribution < 1.29 is 31.8 Å². The number of nitrogens with two attached hydrogens (primary N) is 1. The van der Waals surface area contributed by atoms with Crippen LogP contribution in [0.1, 0.15) is 22.4 Å². The van der Waals surface area contributed by atoms with Crippen molar-refractivity contribution in [2.24, 2.45) is 10.9 Å². The highest BCUT2D eigenvalue weighted by Gasteiger charge is 2.57. The Bertz CT molecular complexity index is 1260. The molecule has 12 heteroatoms. The topological polar surface area (TPSA) is 117 Å². The average molecular weight is 491 g/mol. The van der Waals surface area contributed by atoms with Crippen molar-refractivity contribution in [1.29, 1.82) is 5.26 Å². The Kier molecular flexibility index (Phi) is 7.51. The van der Waals surface area contributed by atoms with Gasteiger partial charge in [-0.15, -0.1) is 0 Å².